The van der Waals surface area contributed by atoms with Crippen LogP contribution in [0.15, 0.2) is 9.52 Å². The number of halogens is 1. The lowest BCUT2D eigenvalue weighted by Gasteiger charge is -2.26. The average molecular weight is 479 g/mol. The summed E-state index contributed by atoms with van der Waals surface area (Å²) in [6.45, 7) is 10.5. The van der Waals surface area contributed by atoms with E-state index in [4.69, 9.17) is 14.3 Å². The first-order valence-corrected chi connectivity index (χ1v) is 9.49. The maximum absolute atomic E-state index is 5.43. The van der Waals surface area contributed by atoms with Gasteiger partial charge in [-0.1, -0.05) is 19.0 Å². The van der Waals surface area contributed by atoms with E-state index in [0.717, 1.165) is 44.0 Å². The van der Waals surface area contributed by atoms with Gasteiger partial charge < -0.3 is 19.5 Å². The summed E-state index contributed by atoms with van der Waals surface area (Å²) in [5.41, 5.74) is 0. The molecule has 1 aliphatic rings. The highest BCUT2D eigenvalue weighted by Crippen LogP contribution is 2.18. The Labute approximate surface area is 174 Å². The number of rotatable bonds is 8. The highest BCUT2D eigenvalue weighted by molar-refractivity contribution is 14.0. The number of nitrogens with zero attached hydrogens (tertiary/aromatic N) is 4. The molecule has 0 unspecified atom stereocenters. The molecule has 150 valence electrons. The van der Waals surface area contributed by atoms with Crippen molar-refractivity contribution in [3.63, 3.8) is 0 Å². The summed E-state index contributed by atoms with van der Waals surface area (Å²) in [5, 5.41) is 7.36. The molecule has 1 saturated heterocycles. The van der Waals surface area contributed by atoms with Gasteiger partial charge in [0.15, 0.2) is 11.8 Å². The highest BCUT2D eigenvalue weighted by atomic mass is 127. The maximum atomic E-state index is 5.43. The third-order valence-electron chi connectivity index (χ3n) is 4.50. The Morgan fingerprint density at radius 3 is 2.69 bits per heavy atom. The summed E-state index contributed by atoms with van der Waals surface area (Å²) in [5.74, 6) is 3.42. The van der Waals surface area contributed by atoms with Gasteiger partial charge >= 0.3 is 0 Å². The predicted molar refractivity (Wildman–Crippen MR) is 114 cm³/mol. The van der Waals surface area contributed by atoms with E-state index >= 15 is 0 Å². The summed E-state index contributed by atoms with van der Waals surface area (Å²) in [7, 11) is 2.10. The predicted octanol–water partition coefficient (Wildman–Crippen LogP) is 3.07. The van der Waals surface area contributed by atoms with Gasteiger partial charge in [-0.2, -0.15) is 4.98 Å². The van der Waals surface area contributed by atoms with E-state index in [2.05, 4.69) is 48.2 Å². The molecule has 0 aromatic carbocycles. The summed E-state index contributed by atoms with van der Waals surface area (Å²) in [6.07, 6.45) is 4.21. The Bertz CT molecular complexity index is 529. The largest absolute Gasteiger partial charge is 0.381 e. The van der Waals surface area contributed by atoms with Crippen LogP contribution in [0.5, 0.6) is 0 Å². The van der Waals surface area contributed by atoms with E-state index in [1.54, 1.807) is 0 Å². The lowest BCUT2D eigenvalue weighted by Crippen LogP contribution is -2.40. The van der Waals surface area contributed by atoms with Crippen molar-refractivity contribution < 1.29 is 9.26 Å². The van der Waals surface area contributed by atoms with Crippen LogP contribution in [0.3, 0.4) is 0 Å². The molecule has 0 spiro atoms. The fourth-order valence-corrected chi connectivity index (χ4v) is 2.85. The molecule has 1 aromatic heterocycles. The van der Waals surface area contributed by atoms with E-state index in [0.29, 0.717) is 18.9 Å². The van der Waals surface area contributed by atoms with Crippen molar-refractivity contribution in [3.8, 4) is 0 Å². The van der Waals surface area contributed by atoms with E-state index in [1.807, 2.05) is 0 Å². The van der Waals surface area contributed by atoms with E-state index in [9.17, 15) is 0 Å². The molecule has 2 rings (SSSR count). The zero-order valence-corrected chi connectivity index (χ0v) is 18.9. The second-order valence-corrected chi connectivity index (χ2v) is 6.95. The first-order valence-electron chi connectivity index (χ1n) is 9.49. The van der Waals surface area contributed by atoms with Crippen LogP contribution in [-0.2, 0) is 11.2 Å². The number of hydrogen-bond donors (Lipinski definition) is 1. The van der Waals surface area contributed by atoms with Crippen LogP contribution >= 0.6 is 24.0 Å². The molecular formula is C18H34IN5O2. The third-order valence-corrected chi connectivity index (χ3v) is 4.50. The molecular weight excluding hydrogens is 445 g/mol. The Balaban J connectivity index is 0.00000338. The molecule has 26 heavy (non-hydrogen) atoms. The molecule has 0 saturated carbocycles. The van der Waals surface area contributed by atoms with Gasteiger partial charge in [-0.3, -0.25) is 4.99 Å². The van der Waals surface area contributed by atoms with E-state index in [-0.39, 0.29) is 29.9 Å². The van der Waals surface area contributed by atoms with Crippen LogP contribution in [-0.4, -0.2) is 60.9 Å². The van der Waals surface area contributed by atoms with Gasteiger partial charge in [-0.15, -0.1) is 24.0 Å². The van der Waals surface area contributed by atoms with Crippen molar-refractivity contribution in [2.45, 2.75) is 52.4 Å². The van der Waals surface area contributed by atoms with Gasteiger partial charge in [0.05, 0.1) is 6.54 Å². The summed E-state index contributed by atoms with van der Waals surface area (Å²) >= 11 is 0. The van der Waals surface area contributed by atoms with Crippen molar-refractivity contribution in [1.29, 1.82) is 0 Å². The Hall–Kier alpha value is -0.900. The van der Waals surface area contributed by atoms with Crippen molar-refractivity contribution in [2.24, 2.45) is 10.9 Å². The van der Waals surface area contributed by atoms with Gasteiger partial charge in [0.2, 0.25) is 5.89 Å². The van der Waals surface area contributed by atoms with Gasteiger partial charge in [-0.25, -0.2) is 0 Å². The minimum atomic E-state index is 0. The Morgan fingerprint density at radius 1 is 1.35 bits per heavy atom. The third kappa shape index (κ3) is 7.77. The quantitative estimate of drug-likeness (QED) is 0.351. The molecule has 2 heterocycles. The summed E-state index contributed by atoms with van der Waals surface area (Å²) < 4.78 is 10.7. The molecule has 1 N–H and O–H groups in total. The number of aromatic nitrogens is 2. The van der Waals surface area contributed by atoms with Crippen molar-refractivity contribution in [3.05, 3.63) is 11.7 Å². The number of guanidine groups is 1. The normalized spacial score (nSPS) is 15.8. The summed E-state index contributed by atoms with van der Waals surface area (Å²) in [4.78, 5) is 11.3. The van der Waals surface area contributed by atoms with Gasteiger partial charge in [0.1, 0.15) is 0 Å². The molecule has 7 nitrogen and oxygen atoms in total. The first-order chi connectivity index (χ1) is 12.1. The Morgan fingerprint density at radius 2 is 2.08 bits per heavy atom. The number of nitrogens with one attached hydrogen (secondary N) is 1. The number of hydrogen-bond acceptors (Lipinski definition) is 5. The van der Waals surface area contributed by atoms with Crippen molar-refractivity contribution in [2.75, 3.05) is 39.9 Å². The van der Waals surface area contributed by atoms with Crippen molar-refractivity contribution >= 4 is 29.9 Å². The molecule has 0 radical (unpaired) electrons. The summed E-state index contributed by atoms with van der Waals surface area (Å²) in [6, 6.07) is 0. The highest BCUT2D eigenvalue weighted by Gasteiger charge is 2.15. The molecule has 1 aromatic rings. The van der Waals surface area contributed by atoms with E-state index in [1.165, 1.54) is 19.3 Å². The lowest BCUT2D eigenvalue weighted by molar-refractivity contribution is 0.0625. The average Bonchev–Trinajstić information content (AvgIpc) is 3.09. The molecule has 0 amide bonds. The van der Waals surface area contributed by atoms with E-state index < -0.39 is 0 Å². The second-order valence-electron chi connectivity index (χ2n) is 6.95. The van der Waals surface area contributed by atoms with Crippen LogP contribution in [0, 0.1) is 5.92 Å². The standard InChI is InChI=1S/C18H33N5O2.HI/c1-5-19-18(23(4)11-7-15-8-12-24-13-9-15)20-10-6-16-21-17(14(2)3)22-25-16;/h14-15H,5-13H2,1-4H3,(H,19,20);1H. The lowest BCUT2D eigenvalue weighted by atomic mass is 9.96. The molecule has 1 fully saturated rings. The zero-order chi connectivity index (χ0) is 18.1. The molecule has 0 bridgehead atoms. The number of ether oxygens (including phenoxy) is 1. The fraction of sp³-hybridized carbons (Fsp3) is 0.833. The molecule has 0 aliphatic carbocycles. The maximum Gasteiger partial charge on any atom is 0.228 e. The minimum Gasteiger partial charge on any atom is -0.381 e. The molecule has 8 heteroatoms. The Kier molecular flexibility index (Phi) is 11.1. The van der Waals surface area contributed by atoms with Crippen LogP contribution in [0.25, 0.3) is 0 Å². The second kappa shape index (κ2) is 12.5. The topological polar surface area (TPSA) is 75.8 Å². The van der Waals surface area contributed by atoms with Crippen LogP contribution in [0.2, 0.25) is 0 Å². The van der Waals surface area contributed by atoms with Crippen LogP contribution in [0.1, 0.15) is 57.7 Å². The van der Waals surface area contributed by atoms with Gasteiger partial charge in [-0.05, 0) is 32.1 Å². The monoisotopic (exact) mass is 479 g/mol. The zero-order valence-electron chi connectivity index (χ0n) is 16.5. The van der Waals surface area contributed by atoms with Crippen molar-refractivity contribution in [1.82, 2.24) is 20.4 Å². The fourth-order valence-electron chi connectivity index (χ4n) is 2.85. The minimum absolute atomic E-state index is 0. The smallest absolute Gasteiger partial charge is 0.228 e. The molecule has 1 aliphatic heterocycles. The van der Waals surface area contributed by atoms with Crippen LogP contribution < -0.4 is 5.32 Å². The van der Waals surface area contributed by atoms with Gasteiger partial charge in [0.25, 0.3) is 0 Å². The SMILES string of the molecule is CCNC(=NCCc1nc(C(C)C)no1)N(C)CCC1CCOCC1.I. The molecule has 0 atom stereocenters. The number of aliphatic imine (C=N–C) groups is 1. The van der Waals surface area contributed by atoms with Crippen LogP contribution in [0.4, 0.5) is 0 Å². The van der Waals surface area contributed by atoms with Gasteiger partial charge in [0, 0.05) is 45.7 Å². The first kappa shape index (κ1) is 23.1.